The minimum atomic E-state index is -4.61. The smallest absolute Gasteiger partial charge is 0.402 e. The first-order valence-electron chi connectivity index (χ1n) is 6.12. The van der Waals surface area contributed by atoms with E-state index in [1.54, 1.807) is 0 Å². The summed E-state index contributed by atoms with van der Waals surface area (Å²) in [5.41, 5.74) is 0. The number of aliphatic carboxylic acids is 1. The van der Waals surface area contributed by atoms with Crippen LogP contribution in [0.5, 0.6) is 0 Å². The maximum absolute atomic E-state index is 12.4. The number of halogens is 3. The topological polar surface area (TPSA) is 77.9 Å². The summed E-state index contributed by atoms with van der Waals surface area (Å²) in [7, 11) is -4.20. The molecule has 1 aliphatic rings. The third-order valence-corrected chi connectivity index (χ3v) is 5.22. The Morgan fingerprint density at radius 3 is 2.20 bits per heavy atom. The lowest BCUT2D eigenvalue weighted by molar-refractivity contribution is -0.142. The van der Waals surface area contributed by atoms with E-state index in [1.165, 1.54) is 6.92 Å². The molecule has 6 nitrogen and oxygen atoms in total. The number of carboxylic acid groups (broad SMARTS) is 1. The van der Waals surface area contributed by atoms with Crippen molar-refractivity contribution in [3.05, 3.63) is 0 Å². The molecule has 1 heterocycles. The summed E-state index contributed by atoms with van der Waals surface area (Å²) < 4.78 is 62.5. The van der Waals surface area contributed by atoms with Crippen molar-refractivity contribution in [3.63, 3.8) is 0 Å². The van der Waals surface area contributed by atoms with Gasteiger partial charge >= 0.3 is 12.1 Å². The molecule has 0 aromatic rings. The van der Waals surface area contributed by atoms with E-state index < -0.39 is 34.8 Å². The first-order valence-corrected chi connectivity index (χ1v) is 7.52. The van der Waals surface area contributed by atoms with Crippen LogP contribution in [0.3, 0.4) is 0 Å². The Hall–Kier alpha value is -0.870. The molecule has 0 unspecified atom stereocenters. The van der Waals surface area contributed by atoms with Gasteiger partial charge in [0.05, 0.1) is 5.92 Å². The van der Waals surface area contributed by atoms with Gasteiger partial charge in [0, 0.05) is 19.6 Å². The zero-order chi connectivity index (χ0) is 15.6. The van der Waals surface area contributed by atoms with Crippen molar-refractivity contribution in [2.75, 3.05) is 26.2 Å². The monoisotopic (exact) mass is 318 g/mol. The van der Waals surface area contributed by atoms with Gasteiger partial charge < -0.3 is 5.11 Å². The predicted octanol–water partition coefficient (Wildman–Crippen LogP) is 0.912. The maximum atomic E-state index is 12.4. The van der Waals surface area contributed by atoms with E-state index in [4.69, 9.17) is 5.11 Å². The highest BCUT2D eigenvalue weighted by molar-refractivity contribution is 7.86. The Kier molecular flexibility index (Phi) is 5.39. The Morgan fingerprint density at radius 1 is 1.35 bits per heavy atom. The lowest BCUT2D eigenvalue weighted by atomic mass is 9.99. The summed E-state index contributed by atoms with van der Waals surface area (Å²) in [5.74, 6) is -1.65. The van der Waals surface area contributed by atoms with Crippen molar-refractivity contribution in [2.45, 2.75) is 25.9 Å². The van der Waals surface area contributed by atoms with Crippen LogP contribution in [-0.2, 0) is 15.0 Å². The molecule has 0 atom stereocenters. The third-order valence-electron chi connectivity index (χ3n) is 3.16. The summed E-state index contributed by atoms with van der Waals surface area (Å²) in [6.45, 7) is -0.653. The molecule has 1 saturated heterocycles. The Bertz CT molecular complexity index is 444. The van der Waals surface area contributed by atoms with Crippen molar-refractivity contribution >= 4 is 16.2 Å². The standard InChI is InChI=1S/C10H17F3N2O4S/c1-2-14(7-10(11,12)13)20(18,19)15-5-3-8(4-6-15)9(16)17/h8H,2-7H2,1H3,(H,16,17). The van der Waals surface area contributed by atoms with Crippen molar-refractivity contribution in [1.29, 1.82) is 0 Å². The Morgan fingerprint density at radius 2 is 1.85 bits per heavy atom. The van der Waals surface area contributed by atoms with Gasteiger partial charge in [0.15, 0.2) is 0 Å². The SMILES string of the molecule is CCN(CC(F)(F)F)S(=O)(=O)N1CCC(C(=O)O)CC1. The molecule has 0 aromatic heterocycles. The molecule has 1 N–H and O–H groups in total. The minimum absolute atomic E-state index is 0.0757. The van der Waals surface area contributed by atoms with Gasteiger partial charge in [0.1, 0.15) is 6.54 Å². The summed E-state index contributed by atoms with van der Waals surface area (Å²) >= 11 is 0. The van der Waals surface area contributed by atoms with Crippen molar-refractivity contribution in [2.24, 2.45) is 5.92 Å². The molecule has 0 saturated carbocycles. The second-order valence-electron chi connectivity index (χ2n) is 4.56. The minimum Gasteiger partial charge on any atom is -0.481 e. The number of rotatable bonds is 5. The summed E-state index contributed by atoms with van der Waals surface area (Å²) in [5, 5.41) is 8.81. The van der Waals surface area contributed by atoms with Crippen LogP contribution in [0, 0.1) is 5.92 Å². The third kappa shape index (κ3) is 4.32. The molecule has 1 aliphatic heterocycles. The molecular weight excluding hydrogens is 301 g/mol. The van der Waals surface area contributed by atoms with Gasteiger partial charge in [-0.25, -0.2) is 0 Å². The molecule has 1 rings (SSSR count). The number of carboxylic acids is 1. The van der Waals surface area contributed by atoms with Crippen LogP contribution in [0.2, 0.25) is 0 Å². The molecular formula is C10H17F3N2O4S. The van der Waals surface area contributed by atoms with Crippen LogP contribution < -0.4 is 0 Å². The van der Waals surface area contributed by atoms with Crippen molar-refractivity contribution in [1.82, 2.24) is 8.61 Å². The number of piperidine rings is 1. The molecule has 118 valence electrons. The molecule has 1 fully saturated rings. The molecule has 0 aromatic carbocycles. The molecule has 0 amide bonds. The molecule has 20 heavy (non-hydrogen) atoms. The number of hydrogen-bond donors (Lipinski definition) is 1. The highest BCUT2D eigenvalue weighted by atomic mass is 32.2. The number of hydrogen-bond acceptors (Lipinski definition) is 3. The van der Waals surface area contributed by atoms with E-state index in [9.17, 15) is 26.4 Å². The first kappa shape index (κ1) is 17.2. The van der Waals surface area contributed by atoms with Gasteiger partial charge in [0.2, 0.25) is 0 Å². The van der Waals surface area contributed by atoms with E-state index in [2.05, 4.69) is 0 Å². The molecule has 10 heteroatoms. The van der Waals surface area contributed by atoms with Gasteiger partial charge in [-0.1, -0.05) is 6.92 Å². The summed E-state index contributed by atoms with van der Waals surface area (Å²) in [4.78, 5) is 10.8. The number of carbonyl (C=O) groups is 1. The average molecular weight is 318 g/mol. The second-order valence-corrected chi connectivity index (χ2v) is 6.49. The van der Waals surface area contributed by atoms with Gasteiger partial charge in [-0.15, -0.1) is 0 Å². The van der Waals surface area contributed by atoms with E-state index in [0.717, 1.165) is 4.31 Å². The predicted molar refractivity (Wildman–Crippen MR) is 64.2 cm³/mol. The number of alkyl halides is 3. The molecule has 0 radical (unpaired) electrons. The zero-order valence-electron chi connectivity index (χ0n) is 10.9. The Labute approximate surface area is 115 Å². The highest BCUT2D eigenvalue weighted by Crippen LogP contribution is 2.24. The normalized spacial score (nSPS) is 19.4. The molecule has 0 spiro atoms. The van der Waals surface area contributed by atoms with Gasteiger partial charge in [-0.3, -0.25) is 4.79 Å². The van der Waals surface area contributed by atoms with Crippen LogP contribution in [0.15, 0.2) is 0 Å². The largest absolute Gasteiger partial charge is 0.481 e. The summed E-state index contributed by atoms with van der Waals surface area (Å²) in [6, 6.07) is 0. The van der Waals surface area contributed by atoms with Crippen LogP contribution in [0.1, 0.15) is 19.8 Å². The highest BCUT2D eigenvalue weighted by Gasteiger charge is 2.39. The van der Waals surface area contributed by atoms with Crippen LogP contribution >= 0.6 is 0 Å². The lowest BCUT2D eigenvalue weighted by Gasteiger charge is -2.33. The van der Waals surface area contributed by atoms with Crippen LogP contribution in [0.4, 0.5) is 13.2 Å². The van der Waals surface area contributed by atoms with E-state index in [-0.39, 0.29) is 32.5 Å². The fraction of sp³-hybridized carbons (Fsp3) is 0.900. The van der Waals surface area contributed by atoms with Gasteiger partial charge in [-0.05, 0) is 12.8 Å². The summed E-state index contributed by atoms with van der Waals surface area (Å²) in [6.07, 6.45) is -4.39. The molecule has 0 aliphatic carbocycles. The van der Waals surface area contributed by atoms with Gasteiger partial charge in [-0.2, -0.15) is 30.2 Å². The van der Waals surface area contributed by atoms with E-state index in [0.29, 0.717) is 4.31 Å². The zero-order valence-corrected chi connectivity index (χ0v) is 11.7. The molecule has 0 bridgehead atoms. The van der Waals surface area contributed by atoms with Crippen LogP contribution in [-0.4, -0.2) is 60.5 Å². The average Bonchev–Trinajstić information content (AvgIpc) is 2.34. The fourth-order valence-electron chi connectivity index (χ4n) is 2.05. The quantitative estimate of drug-likeness (QED) is 0.817. The fourth-order valence-corrected chi connectivity index (χ4v) is 3.69. The van der Waals surface area contributed by atoms with E-state index in [1.807, 2.05) is 0 Å². The number of nitrogens with zero attached hydrogens (tertiary/aromatic N) is 2. The Balaban J connectivity index is 2.76. The second kappa shape index (κ2) is 6.27. The van der Waals surface area contributed by atoms with Crippen molar-refractivity contribution < 1.29 is 31.5 Å². The van der Waals surface area contributed by atoms with Gasteiger partial charge in [0.25, 0.3) is 10.2 Å². The lowest BCUT2D eigenvalue weighted by Crippen LogP contribution is -2.50. The maximum Gasteiger partial charge on any atom is 0.402 e. The van der Waals surface area contributed by atoms with Crippen molar-refractivity contribution in [3.8, 4) is 0 Å². The first-order chi connectivity index (χ1) is 9.08. The van der Waals surface area contributed by atoms with E-state index >= 15 is 0 Å². The van der Waals surface area contributed by atoms with Crippen LogP contribution in [0.25, 0.3) is 0 Å².